The van der Waals surface area contributed by atoms with E-state index in [1.165, 1.54) is 24.3 Å². The second-order valence-electron chi connectivity index (χ2n) is 8.77. The molecule has 1 atom stereocenters. The van der Waals surface area contributed by atoms with Crippen LogP contribution in [-0.2, 0) is 23.9 Å². The van der Waals surface area contributed by atoms with Crippen LogP contribution in [0.15, 0.2) is 66.9 Å². The van der Waals surface area contributed by atoms with Crippen LogP contribution in [0.25, 0.3) is 11.2 Å². The normalized spacial score (nSPS) is 12.9. The van der Waals surface area contributed by atoms with Crippen molar-refractivity contribution >= 4 is 17.1 Å². The van der Waals surface area contributed by atoms with Gasteiger partial charge in [-0.05, 0) is 47.5 Å². The van der Waals surface area contributed by atoms with Gasteiger partial charge in [-0.25, -0.2) is 15.8 Å². The van der Waals surface area contributed by atoms with Crippen molar-refractivity contribution in [3.63, 3.8) is 0 Å². The molecule has 1 unspecified atom stereocenters. The number of carbonyl (C=O) groups is 1. The third-order valence-electron chi connectivity index (χ3n) is 6.06. The monoisotopic (exact) mass is 567 g/mol. The van der Waals surface area contributed by atoms with E-state index in [4.69, 9.17) is 5.84 Å². The van der Waals surface area contributed by atoms with Crippen molar-refractivity contribution in [3.8, 4) is 5.75 Å². The van der Waals surface area contributed by atoms with E-state index in [0.717, 1.165) is 29.3 Å². The molecule has 0 aliphatic rings. The number of hydrogen-bond donors (Lipinski definition) is 2. The average Bonchev–Trinajstić information content (AvgIpc) is 3.25. The van der Waals surface area contributed by atoms with Gasteiger partial charge in [0.15, 0.2) is 5.65 Å². The second kappa shape index (κ2) is 11.5. The minimum Gasteiger partial charge on any atom is -0.406 e. The molecule has 0 aliphatic carbocycles. The Bertz CT molecular complexity index is 1450. The van der Waals surface area contributed by atoms with E-state index in [1.54, 1.807) is 22.9 Å². The molecular weight excluding hydrogens is 544 g/mol. The number of halogens is 6. The summed E-state index contributed by atoms with van der Waals surface area (Å²) in [5.41, 5.74) is 0.987. The Morgan fingerprint density at radius 1 is 1.02 bits per heavy atom. The maximum Gasteiger partial charge on any atom is 0.573 e. The molecule has 0 bridgehead atoms. The Morgan fingerprint density at radius 2 is 1.70 bits per heavy atom. The molecule has 0 radical (unpaired) electrons. The van der Waals surface area contributed by atoms with Gasteiger partial charge in [-0.15, -0.1) is 13.2 Å². The minimum absolute atomic E-state index is 0.0866. The third-order valence-corrected chi connectivity index (χ3v) is 6.06. The van der Waals surface area contributed by atoms with E-state index >= 15 is 0 Å². The van der Waals surface area contributed by atoms with Crippen LogP contribution in [0.3, 0.4) is 0 Å². The van der Waals surface area contributed by atoms with Gasteiger partial charge in [0.1, 0.15) is 17.1 Å². The van der Waals surface area contributed by atoms with Crippen LogP contribution in [0.5, 0.6) is 5.75 Å². The number of carbonyl (C=O) groups excluding carboxylic acids is 1. The minimum atomic E-state index is -4.82. The SMILES string of the molecule is NN(C(=O)CCc1nc2cccnc2n1Cc1ccc(OC(F)(F)F)cc1)C(CO)c1ccc(C(F)(F)F)cc1. The molecule has 1 amide bonds. The van der Waals surface area contributed by atoms with Gasteiger partial charge in [-0.1, -0.05) is 24.3 Å². The van der Waals surface area contributed by atoms with E-state index in [0.29, 0.717) is 22.6 Å². The summed E-state index contributed by atoms with van der Waals surface area (Å²) in [6, 6.07) is 11.6. The fourth-order valence-electron chi connectivity index (χ4n) is 4.11. The lowest BCUT2D eigenvalue weighted by molar-refractivity contribution is -0.274. The van der Waals surface area contributed by atoms with E-state index in [1.807, 2.05) is 0 Å². The molecule has 2 heterocycles. The van der Waals surface area contributed by atoms with Crippen molar-refractivity contribution in [1.29, 1.82) is 0 Å². The number of ether oxygens (including phenoxy) is 1. The van der Waals surface area contributed by atoms with Crippen molar-refractivity contribution in [1.82, 2.24) is 19.5 Å². The van der Waals surface area contributed by atoms with Gasteiger partial charge >= 0.3 is 12.5 Å². The number of benzene rings is 2. The number of alkyl halides is 6. The van der Waals surface area contributed by atoms with Gasteiger partial charge < -0.3 is 14.4 Å². The van der Waals surface area contributed by atoms with Crippen molar-refractivity contribution < 1.29 is 41.0 Å². The highest BCUT2D eigenvalue weighted by atomic mass is 19.4. The van der Waals surface area contributed by atoms with E-state index in [9.17, 15) is 36.2 Å². The fraction of sp³-hybridized carbons (Fsp3) is 0.269. The van der Waals surface area contributed by atoms with Gasteiger partial charge in [0, 0.05) is 19.0 Å². The summed E-state index contributed by atoms with van der Waals surface area (Å²) in [4.78, 5) is 21.8. The number of aryl methyl sites for hydroxylation is 1. The summed E-state index contributed by atoms with van der Waals surface area (Å²) in [5.74, 6) is 5.43. The van der Waals surface area contributed by atoms with Crippen LogP contribution in [-0.4, -0.2) is 43.5 Å². The first-order valence-electron chi connectivity index (χ1n) is 11.9. The topological polar surface area (TPSA) is 106 Å². The Kier molecular flexibility index (Phi) is 8.30. The highest BCUT2D eigenvalue weighted by Crippen LogP contribution is 2.31. The van der Waals surface area contributed by atoms with Gasteiger partial charge in [0.25, 0.3) is 0 Å². The lowest BCUT2D eigenvalue weighted by Gasteiger charge is -2.26. The summed E-state index contributed by atoms with van der Waals surface area (Å²) in [5, 5.41) is 10.6. The standard InChI is InChI=1S/C26H23F6N5O3/c27-25(28,29)18-7-5-17(6-8-18)21(15-38)37(33)23(39)12-11-22-35-20-2-1-13-34-24(20)36(22)14-16-3-9-19(10-4-16)40-26(30,31)32/h1-10,13,21,38H,11-12,14-15,33H2. The molecule has 0 spiro atoms. The fourth-order valence-corrected chi connectivity index (χ4v) is 4.11. The number of nitrogens with two attached hydrogens (primary N) is 1. The molecule has 2 aromatic carbocycles. The van der Waals surface area contributed by atoms with Crippen molar-refractivity contribution in [2.45, 2.75) is 38.0 Å². The zero-order chi connectivity index (χ0) is 29.1. The van der Waals surface area contributed by atoms with Crippen LogP contribution in [0.4, 0.5) is 26.3 Å². The van der Waals surface area contributed by atoms with Crippen LogP contribution >= 0.6 is 0 Å². The number of aliphatic hydroxyl groups is 1. The molecule has 4 rings (SSSR count). The molecule has 8 nitrogen and oxygen atoms in total. The van der Waals surface area contributed by atoms with Gasteiger partial charge in [0.2, 0.25) is 5.91 Å². The third kappa shape index (κ3) is 6.87. The quantitative estimate of drug-likeness (QED) is 0.131. The van der Waals surface area contributed by atoms with E-state index in [-0.39, 0.29) is 30.7 Å². The van der Waals surface area contributed by atoms with Crippen molar-refractivity contribution in [2.24, 2.45) is 5.84 Å². The lowest BCUT2D eigenvalue weighted by atomic mass is 10.0. The predicted octanol–water partition coefficient (Wildman–Crippen LogP) is 4.77. The average molecular weight is 567 g/mol. The van der Waals surface area contributed by atoms with Crippen LogP contribution in [0, 0.1) is 0 Å². The zero-order valence-electron chi connectivity index (χ0n) is 20.7. The number of hydrogen-bond acceptors (Lipinski definition) is 6. The van der Waals surface area contributed by atoms with Crippen LogP contribution < -0.4 is 10.6 Å². The predicted molar refractivity (Wildman–Crippen MR) is 130 cm³/mol. The molecule has 0 aliphatic heterocycles. The summed E-state index contributed by atoms with van der Waals surface area (Å²) >= 11 is 0. The number of aromatic nitrogens is 3. The Balaban J connectivity index is 1.49. The van der Waals surface area contributed by atoms with E-state index in [2.05, 4.69) is 14.7 Å². The van der Waals surface area contributed by atoms with Gasteiger partial charge in [-0.3, -0.25) is 9.80 Å². The Hall–Kier alpha value is -4.17. The number of nitrogens with zero attached hydrogens (tertiary/aromatic N) is 4. The van der Waals surface area contributed by atoms with Crippen molar-refractivity contribution in [3.05, 3.63) is 89.4 Å². The highest BCUT2D eigenvalue weighted by Gasteiger charge is 2.32. The van der Waals surface area contributed by atoms with Gasteiger partial charge in [0.05, 0.1) is 24.8 Å². The smallest absolute Gasteiger partial charge is 0.406 e. The maximum atomic E-state index is 12.9. The van der Waals surface area contributed by atoms with E-state index < -0.39 is 36.7 Å². The zero-order valence-corrected chi connectivity index (χ0v) is 20.7. The second-order valence-corrected chi connectivity index (χ2v) is 8.77. The molecule has 212 valence electrons. The number of imidazole rings is 1. The number of hydrazine groups is 1. The number of rotatable bonds is 9. The molecule has 14 heteroatoms. The first-order valence-corrected chi connectivity index (χ1v) is 11.9. The molecule has 0 saturated heterocycles. The number of fused-ring (bicyclic) bond motifs is 1. The lowest BCUT2D eigenvalue weighted by Crippen LogP contribution is -2.42. The summed E-state index contributed by atoms with van der Waals surface area (Å²) < 4.78 is 81.7. The molecule has 2 aromatic heterocycles. The highest BCUT2D eigenvalue weighted by molar-refractivity contribution is 5.77. The first-order chi connectivity index (χ1) is 18.9. The maximum absolute atomic E-state index is 12.9. The largest absolute Gasteiger partial charge is 0.573 e. The summed E-state index contributed by atoms with van der Waals surface area (Å²) in [6.45, 7) is -0.440. The summed E-state index contributed by atoms with van der Waals surface area (Å²) in [6.07, 6.45) is -7.87. The Labute approximate surface area is 223 Å². The number of aliphatic hydroxyl groups excluding tert-OH is 1. The molecule has 0 saturated carbocycles. The van der Waals surface area contributed by atoms with Gasteiger partial charge in [-0.2, -0.15) is 13.2 Å². The molecule has 4 aromatic rings. The number of pyridine rings is 1. The number of amides is 1. The summed E-state index contributed by atoms with van der Waals surface area (Å²) in [7, 11) is 0. The van der Waals surface area contributed by atoms with Crippen molar-refractivity contribution in [2.75, 3.05) is 6.61 Å². The van der Waals surface area contributed by atoms with Crippen LogP contribution in [0.1, 0.15) is 35.0 Å². The molecule has 3 N–H and O–H groups in total. The Morgan fingerprint density at radius 3 is 2.30 bits per heavy atom. The molecule has 40 heavy (non-hydrogen) atoms. The first kappa shape index (κ1) is 28.8. The molecule has 0 fully saturated rings. The van der Waals surface area contributed by atoms with Crippen LogP contribution in [0.2, 0.25) is 0 Å². The molecular formula is C26H23F6N5O3.